The van der Waals surface area contributed by atoms with Crippen LogP contribution in [0.1, 0.15) is 17.8 Å². The predicted molar refractivity (Wildman–Crippen MR) is 48.4 cm³/mol. The van der Waals surface area contributed by atoms with Gasteiger partial charge in [0.05, 0.1) is 12.0 Å². The Hall–Kier alpha value is -1.53. The first-order chi connectivity index (χ1) is 6.79. The third-order valence-electron chi connectivity index (χ3n) is 1.88. The van der Waals surface area contributed by atoms with Crippen molar-refractivity contribution in [2.45, 2.75) is 25.9 Å². The number of hydrogen-bond donors (Lipinski definition) is 2. The zero-order valence-electron chi connectivity index (χ0n) is 7.98. The Morgan fingerprint density at radius 3 is 2.53 bits per heavy atom. The number of nitrogen functional groups attached to an aromatic ring is 1. The van der Waals surface area contributed by atoms with E-state index in [-0.39, 0.29) is 23.6 Å². The fraction of sp³-hybridized carbons (Fsp3) is 0.500. The number of hydrogen-bond acceptors (Lipinski definition) is 3. The minimum Gasteiger partial charge on any atom is -0.383 e. The lowest BCUT2D eigenvalue weighted by molar-refractivity contribution is -0.134. The van der Waals surface area contributed by atoms with Crippen LogP contribution in [0.15, 0.2) is 4.79 Å². The summed E-state index contributed by atoms with van der Waals surface area (Å²) in [5.74, 6) is -0.0728. The maximum atomic E-state index is 11.9. The molecule has 0 aliphatic heterocycles. The minimum atomic E-state index is -4.27. The van der Waals surface area contributed by atoms with Gasteiger partial charge in [-0.1, -0.05) is 0 Å². The summed E-state index contributed by atoms with van der Waals surface area (Å²) >= 11 is 0. The first-order valence-corrected chi connectivity index (χ1v) is 4.21. The molecule has 0 atom stereocenters. The molecule has 0 fully saturated rings. The van der Waals surface area contributed by atoms with Crippen LogP contribution in [0.2, 0.25) is 0 Å². The number of nitrogens with zero attached hydrogens (tertiary/aromatic N) is 1. The summed E-state index contributed by atoms with van der Waals surface area (Å²) < 4.78 is 35.6. The number of nitrogens with two attached hydrogens (primary N) is 1. The molecule has 15 heavy (non-hydrogen) atoms. The van der Waals surface area contributed by atoms with Crippen molar-refractivity contribution in [1.82, 2.24) is 9.97 Å². The van der Waals surface area contributed by atoms with E-state index in [0.717, 1.165) is 0 Å². The van der Waals surface area contributed by atoms with Crippen molar-refractivity contribution < 1.29 is 13.2 Å². The number of aromatic amines is 1. The van der Waals surface area contributed by atoms with E-state index in [2.05, 4.69) is 9.97 Å². The van der Waals surface area contributed by atoms with Crippen molar-refractivity contribution in [3.8, 4) is 0 Å². The van der Waals surface area contributed by atoms with E-state index in [0.29, 0.717) is 0 Å². The van der Waals surface area contributed by atoms with Crippen LogP contribution in [-0.4, -0.2) is 16.1 Å². The lowest BCUT2D eigenvalue weighted by atomic mass is 10.2. The van der Waals surface area contributed by atoms with Crippen molar-refractivity contribution in [3.63, 3.8) is 0 Å². The first kappa shape index (κ1) is 11.5. The lowest BCUT2D eigenvalue weighted by Crippen LogP contribution is -2.19. The van der Waals surface area contributed by atoms with Crippen LogP contribution in [-0.2, 0) is 6.42 Å². The zero-order valence-corrected chi connectivity index (χ0v) is 7.98. The molecule has 0 saturated heterocycles. The van der Waals surface area contributed by atoms with Gasteiger partial charge in [-0.05, 0) is 6.92 Å². The highest BCUT2D eigenvalue weighted by Gasteiger charge is 2.27. The van der Waals surface area contributed by atoms with Crippen LogP contribution in [0.25, 0.3) is 0 Å². The Kier molecular flexibility index (Phi) is 3.01. The second-order valence-electron chi connectivity index (χ2n) is 3.14. The summed E-state index contributed by atoms with van der Waals surface area (Å²) in [6, 6.07) is 0. The number of halogens is 3. The molecule has 0 unspecified atom stereocenters. The van der Waals surface area contributed by atoms with Crippen LogP contribution in [0.3, 0.4) is 0 Å². The molecule has 0 radical (unpaired) electrons. The quantitative estimate of drug-likeness (QED) is 0.787. The fourth-order valence-electron chi connectivity index (χ4n) is 0.977. The topological polar surface area (TPSA) is 71.8 Å². The van der Waals surface area contributed by atoms with E-state index >= 15 is 0 Å². The molecule has 3 N–H and O–H groups in total. The average molecular weight is 221 g/mol. The molecule has 1 aromatic rings. The van der Waals surface area contributed by atoms with E-state index in [9.17, 15) is 18.0 Å². The minimum absolute atomic E-state index is 0.0316. The number of aryl methyl sites for hydroxylation is 1. The van der Waals surface area contributed by atoms with Crippen molar-refractivity contribution in [2.75, 3.05) is 5.73 Å². The third kappa shape index (κ3) is 3.26. The maximum absolute atomic E-state index is 11.9. The standard InChI is InChI=1S/C8H10F3N3O/c1-4-6(12)13-5(14-7(4)15)2-3-8(9,10)11/h2-3H2,1H3,(H3,12,13,14,15). The molecule has 1 aromatic heterocycles. The van der Waals surface area contributed by atoms with Gasteiger partial charge in [0, 0.05) is 6.42 Å². The molecule has 7 heteroatoms. The molecule has 0 bridgehead atoms. The number of nitrogens with one attached hydrogen (secondary N) is 1. The van der Waals surface area contributed by atoms with Crippen molar-refractivity contribution >= 4 is 5.82 Å². The summed E-state index contributed by atoms with van der Waals surface area (Å²) in [6.07, 6.45) is -5.67. The van der Waals surface area contributed by atoms with Crippen molar-refractivity contribution in [3.05, 3.63) is 21.7 Å². The summed E-state index contributed by atoms with van der Waals surface area (Å²) in [6.45, 7) is 1.45. The van der Waals surface area contributed by atoms with Crippen LogP contribution >= 0.6 is 0 Å². The van der Waals surface area contributed by atoms with E-state index in [1.807, 2.05) is 0 Å². The summed E-state index contributed by atoms with van der Waals surface area (Å²) in [5, 5.41) is 0. The molecule has 0 aliphatic rings. The normalized spacial score (nSPS) is 11.7. The molecule has 4 nitrogen and oxygen atoms in total. The SMILES string of the molecule is Cc1c(N)nc(CCC(F)(F)F)[nH]c1=O. The van der Waals surface area contributed by atoms with Gasteiger partial charge in [0.15, 0.2) is 0 Å². The number of H-pyrrole nitrogens is 1. The Morgan fingerprint density at radius 1 is 1.47 bits per heavy atom. The van der Waals surface area contributed by atoms with Crippen LogP contribution in [0, 0.1) is 6.92 Å². The third-order valence-corrected chi connectivity index (χ3v) is 1.88. The van der Waals surface area contributed by atoms with Gasteiger partial charge in [-0.2, -0.15) is 13.2 Å². The Morgan fingerprint density at radius 2 is 2.07 bits per heavy atom. The molecule has 0 saturated carbocycles. The van der Waals surface area contributed by atoms with Gasteiger partial charge in [0.25, 0.3) is 5.56 Å². The highest BCUT2D eigenvalue weighted by Crippen LogP contribution is 2.21. The predicted octanol–water partition coefficient (Wildman–Crippen LogP) is 1.16. The van der Waals surface area contributed by atoms with Crippen molar-refractivity contribution in [2.24, 2.45) is 0 Å². The highest BCUT2D eigenvalue weighted by atomic mass is 19.4. The fourth-order valence-corrected chi connectivity index (χ4v) is 0.977. The Bertz CT molecular complexity index is 411. The second-order valence-corrected chi connectivity index (χ2v) is 3.14. The van der Waals surface area contributed by atoms with Gasteiger partial charge < -0.3 is 10.7 Å². The molecule has 0 aliphatic carbocycles. The molecular weight excluding hydrogens is 211 g/mol. The summed E-state index contributed by atoms with van der Waals surface area (Å²) in [4.78, 5) is 17.0. The highest BCUT2D eigenvalue weighted by molar-refractivity contribution is 5.36. The van der Waals surface area contributed by atoms with Crippen LogP contribution < -0.4 is 11.3 Å². The Labute approximate surface area is 83.3 Å². The molecule has 0 amide bonds. The smallest absolute Gasteiger partial charge is 0.383 e. The van der Waals surface area contributed by atoms with Crippen molar-refractivity contribution in [1.29, 1.82) is 0 Å². The number of rotatable bonds is 2. The van der Waals surface area contributed by atoms with Gasteiger partial charge >= 0.3 is 6.18 Å². The van der Waals surface area contributed by atoms with E-state index < -0.39 is 18.2 Å². The molecular formula is C8H10F3N3O. The largest absolute Gasteiger partial charge is 0.389 e. The van der Waals surface area contributed by atoms with Gasteiger partial charge in [0.2, 0.25) is 0 Å². The van der Waals surface area contributed by atoms with E-state index in [4.69, 9.17) is 5.73 Å². The van der Waals surface area contributed by atoms with E-state index in [1.54, 1.807) is 0 Å². The average Bonchev–Trinajstić information content (AvgIpc) is 2.09. The van der Waals surface area contributed by atoms with Gasteiger partial charge in [0.1, 0.15) is 11.6 Å². The molecule has 84 valence electrons. The molecule has 0 spiro atoms. The molecule has 1 rings (SSSR count). The first-order valence-electron chi connectivity index (χ1n) is 4.21. The van der Waals surface area contributed by atoms with Crippen LogP contribution in [0.5, 0.6) is 0 Å². The zero-order chi connectivity index (χ0) is 11.6. The monoisotopic (exact) mass is 221 g/mol. The van der Waals surface area contributed by atoms with Crippen LogP contribution in [0.4, 0.5) is 19.0 Å². The number of aromatic nitrogens is 2. The summed E-state index contributed by atoms with van der Waals surface area (Å²) in [7, 11) is 0. The van der Waals surface area contributed by atoms with E-state index in [1.165, 1.54) is 6.92 Å². The second kappa shape index (κ2) is 3.92. The maximum Gasteiger partial charge on any atom is 0.389 e. The number of alkyl halides is 3. The molecule has 0 aromatic carbocycles. The Balaban J connectivity index is 2.84. The van der Waals surface area contributed by atoms with Gasteiger partial charge in [-0.3, -0.25) is 4.79 Å². The molecule has 1 heterocycles. The van der Waals surface area contributed by atoms with Gasteiger partial charge in [-0.15, -0.1) is 0 Å². The van der Waals surface area contributed by atoms with Gasteiger partial charge in [-0.25, -0.2) is 4.98 Å². The number of anilines is 1. The lowest BCUT2D eigenvalue weighted by Gasteiger charge is -2.06. The summed E-state index contributed by atoms with van der Waals surface area (Å²) in [5.41, 5.74) is 5.06.